The van der Waals surface area contributed by atoms with Gasteiger partial charge < -0.3 is 19.2 Å². The fourth-order valence-electron chi connectivity index (χ4n) is 2.50. The van der Waals surface area contributed by atoms with Crippen molar-refractivity contribution in [2.45, 2.75) is 25.4 Å². The zero-order chi connectivity index (χ0) is 13.4. The van der Waals surface area contributed by atoms with Crippen molar-refractivity contribution in [1.82, 2.24) is 14.5 Å². The van der Waals surface area contributed by atoms with Crippen molar-refractivity contribution in [2.24, 2.45) is 0 Å². The van der Waals surface area contributed by atoms with E-state index in [1.165, 1.54) is 12.8 Å². The van der Waals surface area contributed by atoms with Crippen molar-refractivity contribution < 1.29 is 4.74 Å². The van der Waals surface area contributed by atoms with E-state index in [4.69, 9.17) is 17.0 Å². The Morgan fingerprint density at radius 2 is 2.26 bits per heavy atom. The smallest absolute Gasteiger partial charge is 0.178 e. The molecule has 0 saturated heterocycles. The molecular weight excluding hydrogens is 258 g/mol. The number of aromatic amines is 1. The Bertz CT molecular complexity index is 642. The lowest BCUT2D eigenvalue weighted by atomic mass is 10.3. The second-order valence-electron chi connectivity index (χ2n) is 5.15. The van der Waals surface area contributed by atoms with Crippen LogP contribution in [0.25, 0.3) is 11.0 Å². The summed E-state index contributed by atoms with van der Waals surface area (Å²) in [6.45, 7) is 1.95. The van der Waals surface area contributed by atoms with Gasteiger partial charge in [-0.1, -0.05) is 6.07 Å². The Labute approximate surface area is 118 Å². The SMILES string of the molecule is COc1cccc2c1[nH]c(=S)n2CCN(C)C1CC1. The van der Waals surface area contributed by atoms with E-state index in [0.29, 0.717) is 0 Å². The summed E-state index contributed by atoms with van der Waals surface area (Å²) in [4.78, 5) is 5.67. The third kappa shape index (κ3) is 2.40. The molecule has 2 aromatic rings. The molecular formula is C14H19N3OS. The minimum Gasteiger partial charge on any atom is -0.494 e. The maximum absolute atomic E-state index is 5.43. The van der Waals surface area contributed by atoms with Crippen molar-refractivity contribution in [3.05, 3.63) is 23.0 Å². The summed E-state index contributed by atoms with van der Waals surface area (Å²) < 4.78 is 8.29. The summed E-state index contributed by atoms with van der Waals surface area (Å²) in [5.41, 5.74) is 2.11. The number of benzene rings is 1. The highest BCUT2D eigenvalue weighted by Crippen LogP contribution is 2.26. The van der Waals surface area contributed by atoms with Gasteiger partial charge in [0.25, 0.3) is 0 Å². The lowest BCUT2D eigenvalue weighted by Crippen LogP contribution is -2.25. The van der Waals surface area contributed by atoms with Gasteiger partial charge in [0, 0.05) is 19.1 Å². The molecule has 1 N–H and O–H groups in total. The zero-order valence-electron chi connectivity index (χ0n) is 11.3. The molecule has 0 atom stereocenters. The van der Waals surface area contributed by atoms with Gasteiger partial charge in [-0.3, -0.25) is 0 Å². The van der Waals surface area contributed by atoms with Crippen LogP contribution in [0.1, 0.15) is 12.8 Å². The number of fused-ring (bicyclic) bond motifs is 1. The molecule has 3 rings (SSSR count). The quantitative estimate of drug-likeness (QED) is 0.853. The summed E-state index contributed by atoms with van der Waals surface area (Å²) in [7, 11) is 3.88. The van der Waals surface area contributed by atoms with Gasteiger partial charge in [-0.15, -0.1) is 0 Å². The van der Waals surface area contributed by atoms with Gasteiger partial charge in [-0.25, -0.2) is 0 Å². The monoisotopic (exact) mass is 277 g/mol. The molecule has 5 heteroatoms. The largest absolute Gasteiger partial charge is 0.494 e. The molecule has 1 aromatic heterocycles. The van der Waals surface area contributed by atoms with Crippen LogP contribution in [0.5, 0.6) is 5.75 Å². The van der Waals surface area contributed by atoms with E-state index in [0.717, 1.165) is 40.7 Å². The molecule has 0 radical (unpaired) electrons. The highest BCUT2D eigenvalue weighted by Gasteiger charge is 2.25. The average molecular weight is 277 g/mol. The van der Waals surface area contributed by atoms with Crippen LogP contribution in [0, 0.1) is 4.77 Å². The molecule has 1 aliphatic rings. The van der Waals surface area contributed by atoms with E-state index in [-0.39, 0.29) is 0 Å². The van der Waals surface area contributed by atoms with Crippen molar-refractivity contribution in [1.29, 1.82) is 0 Å². The first kappa shape index (κ1) is 12.7. The van der Waals surface area contributed by atoms with Gasteiger partial charge in [0.15, 0.2) is 4.77 Å². The first-order valence-corrected chi connectivity index (χ1v) is 7.07. The summed E-state index contributed by atoms with van der Waals surface area (Å²) in [5, 5.41) is 0. The third-order valence-corrected chi connectivity index (χ3v) is 4.16. The van der Waals surface area contributed by atoms with Gasteiger partial charge in [0.05, 0.1) is 12.6 Å². The number of nitrogens with one attached hydrogen (secondary N) is 1. The maximum Gasteiger partial charge on any atom is 0.178 e. The van der Waals surface area contributed by atoms with Crippen LogP contribution in [-0.2, 0) is 6.54 Å². The molecule has 0 bridgehead atoms. The summed E-state index contributed by atoms with van der Waals surface area (Å²) in [6, 6.07) is 6.83. The number of para-hydroxylation sites is 1. The highest BCUT2D eigenvalue weighted by atomic mass is 32.1. The first-order chi connectivity index (χ1) is 9.20. The number of aromatic nitrogens is 2. The number of likely N-dealkylation sites (N-methyl/N-ethyl adjacent to an activating group) is 1. The lowest BCUT2D eigenvalue weighted by molar-refractivity contribution is 0.310. The van der Waals surface area contributed by atoms with Crippen LogP contribution >= 0.6 is 12.2 Å². The third-order valence-electron chi connectivity index (χ3n) is 3.84. The molecule has 0 spiro atoms. The fourth-order valence-corrected chi connectivity index (χ4v) is 2.79. The molecule has 4 nitrogen and oxygen atoms in total. The predicted molar refractivity (Wildman–Crippen MR) is 79.3 cm³/mol. The summed E-state index contributed by atoms with van der Waals surface area (Å²) in [5.74, 6) is 0.845. The second kappa shape index (κ2) is 4.98. The van der Waals surface area contributed by atoms with Crippen LogP contribution in [0.2, 0.25) is 0 Å². The van der Waals surface area contributed by atoms with E-state index in [1.54, 1.807) is 7.11 Å². The number of hydrogen-bond acceptors (Lipinski definition) is 3. The van der Waals surface area contributed by atoms with Crippen molar-refractivity contribution in [2.75, 3.05) is 20.7 Å². The molecule has 102 valence electrons. The standard InChI is InChI=1S/C14H19N3OS/c1-16(10-6-7-10)8-9-17-11-4-3-5-12(18-2)13(11)15-14(17)19/h3-5,10H,6-9H2,1-2H3,(H,15,19). The van der Waals surface area contributed by atoms with Crippen molar-refractivity contribution in [3.63, 3.8) is 0 Å². The van der Waals surface area contributed by atoms with Gasteiger partial charge in [-0.05, 0) is 44.2 Å². The normalized spacial score (nSPS) is 15.3. The van der Waals surface area contributed by atoms with Gasteiger partial charge in [-0.2, -0.15) is 0 Å². The molecule has 1 saturated carbocycles. The second-order valence-corrected chi connectivity index (χ2v) is 5.53. The van der Waals surface area contributed by atoms with Gasteiger partial charge in [0.2, 0.25) is 0 Å². The van der Waals surface area contributed by atoms with Crippen molar-refractivity contribution >= 4 is 23.3 Å². The molecule has 0 aliphatic heterocycles. The van der Waals surface area contributed by atoms with Gasteiger partial charge >= 0.3 is 0 Å². The minimum atomic E-state index is 0.767. The average Bonchev–Trinajstić information content (AvgIpc) is 3.20. The number of methoxy groups -OCH3 is 1. The molecule has 1 aromatic carbocycles. The number of H-pyrrole nitrogens is 1. The van der Waals surface area contributed by atoms with E-state index in [1.807, 2.05) is 12.1 Å². The minimum absolute atomic E-state index is 0.767. The van der Waals surface area contributed by atoms with Crippen LogP contribution in [0.3, 0.4) is 0 Å². The van der Waals surface area contributed by atoms with Crippen LogP contribution in [0.4, 0.5) is 0 Å². The first-order valence-electron chi connectivity index (χ1n) is 6.66. The Hall–Kier alpha value is -1.33. The number of rotatable bonds is 5. The topological polar surface area (TPSA) is 33.2 Å². The fraction of sp³-hybridized carbons (Fsp3) is 0.500. The summed E-state index contributed by atoms with van der Waals surface area (Å²) in [6.07, 6.45) is 2.67. The number of imidazole rings is 1. The van der Waals surface area contributed by atoms with Crippen LogP contribution in [-0.4, -0.2) is 41.2 Å². The van der Waals surface area contributed by atoms with E-state index >= 15 is 0 Å². The Morgan fingerprint density at radius 1 is 1.47 bits per heavy atom. The summed E-state index contributed by atoms with van der Waals surface area (Å²) >= 11 is 5.43. The molecule has 1 heterocycles. The van der Waals surface area contributed by atoms with Crippen molar-refractivity contribution in [3.8, 4) is 5.75 Å². The number of hydrogen-bond donors (Lipinski definition) is 1. The maximum atomic E-state index is 5.43. The Kier molecular flexibility index (Phi) is 3.33. The molecule has 1 fully saturated rings. The lowest BCUT2D eigenvalue weighted by Gasteiger charge is -2.16. The van der Waals surface area contributed by atoms with E-state index in [2.05, 4.69) is 27.6 Å². The number of nitrogens with zero attached hydrogens (tertiary/aromatic N) is 2. The van der Waals surface area contributed by atoms with E-state index in [9.17, 15) is 0 Å². The predicted octanol–water partition coefficient (Wildman–Crippen LogP) is 2.80. The van der Waals surface area contributed by atoms with Crippen LogP contribution in [0.15, 0.2) is 18.2 Å². The Balaban J connectivity index is 1.89. The Morgan fingerprint density at radius 3 is 2.95 bits per heavy atom. The number of ether oxygens (including phenoxy) is 1. The molecule has 0 unspecified atom stereocenters. The molecule has 1 aliphatic carbocycles. The molecule has 0 amide bonds. The zero-order valence-corrected chi connectivity index (χ0v) is 12.2. The molecule has 19 heavy (non-hydrogen) atoms. The van der Waals surface area contributed by atoms with Crippen LogP contribution < -0.4 is 4.74 Å². The van der Waals surface area contributed by atoms with Gasteiger partial charge in [0.1, 0.15) is 11.3 Å². The highest BCUT2D eigenvalue weighted by molar-refractivity contribution is 7.71. The van der Waals surface area contributed by atoms with E-state index < -0.39 is 0 Å².